The molecule has 2 saturated heterocycles. The zero-order chi connectivity index (χ0) is 27.9. The number of benzene rings is 2. The fourth-order valence-electron chi connectivity index (χ4n) is 7.08. The first-order valence-electron chi connectivity index (χ1n) is 14.1. The highest BCUT2D eigenvalue weighted by molar-refractivity contribution is 5.89. The van der Waals surface area contributed by atoms with Gasteiger partial charge in [-0.1, -0.05) is 24.3 Å². The van der Waals surface area contributed by atoms with E-state index in [1.165, 1.54) is 12.1 Å². The molecule has 2 unspecified atom stereocenters. The van der Waals surface area contributed by atoms with Crippen LogP contribution in [-0.2, 0) is 17.4 Å². The number of ether oxygens (including phenoxy) is 1. The van der Waals surface area contributed by atoms with E-state index in [1.807, 2.05) is 0 Å². The summed E-state index contributed by atoms with van der Waals surface area (Å²) in [6.45, 7) is 1.75. The van der Waals surface area contributed by atoms with Crippen LogP contribution in [0.3, 0.4) is 0 Å². The highest BCUT2D eigenvalue weighted by Gasteiger charge is 2.43. The van der Waals surface area contributed by atoms with Crippen molar-refractivity contribution in [1.29, 1.82) is 0 Å². The van der Waals surface area contributed by atoms with Gasteiger partial charge in [-0.3, -0.25) is 9.69 Å². The number of alkyl halides is 5. The first-order valence-corrected chi connectivity index (χ1v) is 14.1. The zero-order valence-corrected chi connectivity index (χ0v) is 22.2. The summed E-state index contributed by atoms with van der Waals surface area (Å²) in [5.41, 5.74) is 0.142. The Kier molecular flexibility index (Phi) is 7.83. The van der Waals surface area contributed by atoms with E-state index in [9.17, 15) is 31.9 Å². The van der Waals surface area contributed by atoms with Crippen LogP contribution in [0.25, 0.3) is 10.8 Å². The summed E-state index contributed by atoms with van der Waals surface area (Å²) < 4.78 is 75.6. The summed E-state index contributed by atoms with van der Waals surface area (Å²) in [7, 11) is 0. The van der Waals surface area contributed by atoms with Crippen molar-refractivity contribution >= 4 is 16.7 Å². The minimum absolute atomic E-state index is 0.0753. The summed E-state index contributed by atoms with van der Waals surface area (Å²) in [5, 5.41) is 9.95. The molecule has 2 aromatic rings. The summed E-state index contributed by atoms with van der Waals surface area (Å²) >= 11 is 0. The van der Waals surface area contributed by atoms with E-state index in [2.05, 4.69) is 4.90 Å². The van der Waals surface area contributed by atoms with E-state index in [-0.39, 0.29) is 29.9 Å². The maximum Gasteiger partial charge on any atom is 0.420 e. The quantitative estimate of drug-likeness (QED) is 0.340. The first kappa shape index (κ1) is 28.1. The fourth-order valence-corrected chi connectivity index (χ4v) is 7.08. The third kappa shape index (κ3) is 6.18. The van der Waals surface area contributed by atoms with Gasteiger partial charge in [0.1, 0.15) is 11.3 Å². The lowest BCUT2D eigenvalue weighted by atomic mass is 9.83. The number of nitrogens with zero attached hydrogens (tertiary/aromatic N) is 1. The molecule has 1 saturated carbocycles. The lowest BCUT2D eigenvalue weighted by Crippen LogP contribution is -2.45. The van der Waals surface area contributed by atoms with Crippen LogP contribution in [0.15, 0.2) is 30.3 Å². The van der Waals surface area contributed by atoms with Crippen LogP contribution < -0.4 is 4.74 Å². The molecule has 39 heavy (non-hydrogen) atoms. The molecule has 0 amide bonds. The number of carboxylic acids is 1. The summed E-state index contributed by atoms with van der Waals surface area (Å²) in [5.74, 6) is -4.76. The largest absolute Gasteiger partial charge is 0.490 e. The molecule has 0 spiro atoms. The highest BCUT2D eigenvalue weighted by atomic mass is 19.4. The molecule has 2 heterocycles. The van der Waals surface area contributed by atoms with Gasteiger partial charge in [-0.2, -0.15) is 13.2 Å². The molecule has 3 fully saturated rings. The van der Waals surface area contributed by atoms with Crippen LogP contribution in [-0.4, -0.2) is 46.6 Å². The molecular formula is C30H36F5NO3. The SMILES string of the molecule is CC(F)(F)[C@H]1CC[C@@H](Oc2ccc3cc(CCCN4C5CCC4CC(C(=O)O)C5)ccc3c2C(F)(F)F)CC1. The van der Waals surface area contributed by atoms with Crippen molar-refractivity contribution in [2.45, 2.75) is 101 Å². The molecule has 1 aliphatic carbocycles. The van der Waals surface area contributed by atoms with Crippen LogP contribution in [0, 0.1) is 11.8 Å². The highest BCUT2D eigenvalue weighted by Crippen LogP contribution is 2.44. The molecule has 2 atom stereocenters. The van der Waals surface area contributed by atoms with Crippen molar-refractivity contribution in [2.24, 2.45) is 11.8 Å². The van der Waals surface area contributed by atoms with Crippen LogP contribution in [0.2, 0.25) is 0 Å². The van der Waals surface area contributed by atoms with E-state index >= 15 is 0 Å². The zero-order valence-electron chi connectivity index (χ0n) is 22.2. The molecule has 3 aliphatic rings. The van der Waals surface area contributed by atoms with Crippen LogP contribution >= 0.6 is 0 Å². The Labute approximate surface area is 225 Å². The molecule has 2 aromatic carbocycles. The van der Waals surface area contributed by atoms with Crippen molar-refractivity contribution in [3.8, 4) is 5.75 Å². The lowest BCUT2D eigenvalue weighted by molar-refractivity contribution is -0.144. The molecule has 2 bridgehead atoms. The molecule has 9 heteroatoms. The number of aryl methyl sites for hydroxylation is 1. The van der Waals surface area contributed by atoms with Crippen LogP contribution in [0.1, 0.15) is 75.8 Å². The lowest BCUT2D eigenvalue weighted by Gasteiger charge is -2.37. The minimum atomic E-state index is -4.62. The Morgan fingerprint density at radius 3 is 2.23 bits per heavy atom. The van der Waals surface area contributed by atoms with Gasteiger partial charge >= 0.3 is 12.1 Å². The van der Waals surface area contributed by atoms with Gasteiger partial charge in [-0.05, 0) is 100 Å². The van der Waals surface area contributed by atoms with E-state index in [0.29, 0.717) is 43.2 Å². The summed E-state index contributed by atoms with van der Waals surface area (Å²) in [4.78, 5) is 13.8. The van der Waals surface area contributed by atoms with Crippen molar-refractivity contribution in [3.63, 3.8) is 0 Å². The van der Waals surface area contributed by atoms with Crippen molar-refractivity contribution in [1.82, 2.24) is 4.90 Å². The van der Waals surface area contributed by atoms with Gasteiger partial charge in [0.15, 0.2) is 0 Å². The van der Waals surface area contributed by atoms with Crippen molar-refractivity contribution in [3.05, 3.63) is 41.5 Å². The second-order valence-electron chi connectivity index (χ2n) is 11.8. The van der Waals surface area contributed by atoms with Gasteiger partial charge in [0, 0.05) is 18.0 Å². The Bertz CT molecular complexity index is 1170. The molecular weight excluding hydrogens is 517 g/mol. The Morgan fingerprint density at radius 2 is 1.64 bits per heavy atom. The number of hydrogen-bond donors (Lipinski definition) is 1. The van der Waals surface area contributed by atoms with Crippen molar-refractivity contribution in [2.75, 3.05) is 6.54 Å². The Morgan fingerprint density at radius 1 is 0.974 bits per heavy atom. The van der Waals surface area contributed by atoms with Gasteiger partial charge in [-0.25, -0.2) is 8.78 Å². The summed E-state index contributed by atoms with van der Waals surface area (Å²) in [6, 6.07) is 8.67. The first-order chi connectivity index (χ1) is 18.4. The molecule has 4 nitrogen and oxygen atoms in total. The fraction of sp³-hybridized carbons (Fsp3) is 0.633. The number of piperidine rings is 1. The maximum absolute atomic E-state index is 14.2. The van der Waals surface area contributed by atoms with Gasteiger partial charge in [0.2, 0.25) is 5.92 Å². The summed E-state index contributed by atoms with van der Waals surface area (Å²) in [6.07, 6.45) is 0.944. The molecule has 5 rings (SSSR count). The molecule has 0 radical (unpaired) electrons. The number of fused-ring (bicyclic) bond motifs is 3. The predicted molar refractivity (Wildman–Crippen MR) is 138 cm³/mol. The van der Waals surface area contributed by atoms with E-state index in [1.54, 1.807) is 18.2 Å². The Hall–Kier alpha value is -2.42. The number of rotatable bonds is 8. The number of carboxylic acid groups (broad SMARTS) is 1. The van der Waals surface area contributed by atoms with Gasteiger partial charge in [0.05, 0.1) is 12.0 Å². The Balaban J connectivity index is 1.25. The smallest absolute Gasteiger partial charge is 0.420 e. The number of aliphatic carboxylic acids is 1. The van der Waals surface area contributed by atoms with E-state index < -0.39 is 35.7 Å². The van der Waals surface area contributed by atoms with E-state index in [4.69, 9.17) is 4.74 Å². The average Bonchev–Trinajstić information content (AvgIpc) is 3.09. The normalized spacial score (nSPS) is 28.1. The van der Waals surface area contributed by atoms with Crippen molar-refractivity contribution < 1.29 is 36.6 Å². The number of hydrogen-bond acceptors (Lipinski definition) is 3. The molecule has 2 aliphatic heterocycles. The number of halogens is 5. The molecule has 214 valence electrons. The third-order valence-electron chi connectivity index (χ3n) is 9.13. The standard InChI is InChI=1S/C30H36F5NO3/c1-29(31,32)21-6-10-24(11-7-21)39-26-13-5-19-15-18(4-12-25(19)27(26)30(33,34)35)3-2-14-36-22-8-9-23(36)17-20(16-22)28(37)38/h4-5,12-13,15,20-24H,2-3,6-11,14,16-17H2,1H3,(H,37,38)/t20?,21-,22?,23?,24+. The molecule has 0 aromatic heterocycles. The average molecular weight is 554 g/mol. The monoisotopic (exact) mass is 553 g/mol. The van der Waals surface area contributed by atoms with Gasteiger partial charge in [-0.15, -0.1) is 0 Å². The molecule has 1 N–H and O–H groups in total. The number of carbonyl (C=O) groups is 1. The van der Waals surface area contributed by atoms with Crippen LogP contribution in [0.4, 0.5) is 22.0 Å². The van der Waals surface area contributed by atoms with Crippen LogP contribution in [0.5, 0.6) is 5.75 Å². The predicted octanol–water partition coefficient (Wildman–Crippen LogP) is 7.71. The minimum Gasteiger partial charge on any atom is -0.490 e. The van der Waals surface area contributed by atoms with Gasteiger partial charge in [0.25, 0.3) is 0 Å². The second kappa shape index (κ2) is 10.9. The maximum atomic E-state index is 14.2. The topological polar surface area (TPSA) is 49.8 Å². The van der Waals surface area contributed by atoms with E-state index in [0.717, 1.165) is 44.7 Å². The third-order valence-corrected chi connectivity index (χ3v) is 9.13. The van der Waals surface area contributed by atoms with Gasteiger partial charge < -0.3 is 9.84 Å². The second-order valence-corrected chi connectivity index (χ2v) is 11.8.